The Kier molecular flexibility index (Phi) is 2.66. The van der Waals surface area contributed by atoms with Crippen LogP contribution in [0.1, 0.15) is 30.0 Å². The van der Waals surface area contributed by atoms with Crippen molar-refractivity contribution in [3.63, 3.8) is 0 Å². The van der Waals surface area contributed by atoms with E-state index in [0.717, 1.165) is 30.8 Å². The van der Waals surface area contributed by atoms with Gasteiger partial charge in [-0.25, -0.2) is 0 Å². The summed E-state index contributed by atoms with van der Waals surface area (Å²) in [5.74, 6) is 0. The minimum atomic E-state index is 0.353. The summed E-state index contributed by atoms with van der Waals surface area (Å²) in [6.07, 6.45) is 3.36. The van der Waals surface area contributed by atoms with Gasteiger partial charge in [-0.2, -0.15) is 0 Å². The number of fused-ring (bicyclic) bond motifs is 3. The normalized spacial score (nSPS) is 29.6. The van der Waals surface area contributed by atoms with E-state index < -0.39 is 0 Å². The lowest BCUT2D eigenvalue weighted by Gasteiger charge is -2.42. The SMILES string of the molecule is NC1CCN2CCc3ccc(Cl)cc3C2C1. The first-order chi connectivity index (χ1) is 7.74. The number of hydrogen-bond donors (Lipinski definition) is 1. The van der Waals surface area contributed by atoms with E-state index in [-0.39, 0.29) is 0 Å². The van der Waals surface area contributed by atoms with Crippen molar-refractivity contribution in [1.82, 2.24) is 4.90 Å². The molecule has 2 unspecified atom stereocenters. The molecule has 0 radical (unpaired) electrons. The van der Waals surface area contributed by atoms with E-state index in [4.69, 9.17) is 17.3 Å². The van der Waals surface area contributed by atoms with E-state index in [1.54, 1.807) is 0 Å². The second kappa shape index (κ2) is 4.02. The average molecular weight is 237 g/mol. The van der Waals surface area contributed by atoms with Crippen LogP contribution >= 0.6 is 11.6 Å². The molecule has 0 spiro atoms. The van der Waals surface area contributed by atoms with Crippen LogP contribution in [0.15, 0.2) is 18.2 Å². The molecule has 16 heavy (non-hydrogen) atoms. The van der Waals surface area contributed by atoms with Crippen LogP contribution in [0.4, 0.5) is 0 Å². The predicted molar refractivity (Wildman–Crippen MR) is 66.7 cm³/mol. The third-order valence-corrected chi connectivity index (χ3v) is 4.12. The molecule has 1 aromatic rings. The third kappa shape index (κ3) is 1.75. The van der Waals surface area contributed by atoms with Gasteiger partial charge in [0.25, 0.3) is 0 Å². The van der Waals surface area contributed by atoms with Crippen molar-refractivity contribution in [2.75, 3.05) is 13.1 Å². The van der Waals surface area contributed by atoms with Crippen molar-refractivity contribution in [2.45, 2.75) is 31.3 Å². The number of halogens is 1. The van der Waals surface area contributed by atoms with Crippen molar-refractivity contribution < 1.29 is 0 Å². The molecule has 3 heteroatoms. The largest absolute Gasteiger partial charge is 0.328 e. The Morgan fingerprint density at radius 1 is 1.31 bits per heavy atom. The number of benzene rings is 1. The Bertz CT molecular complexity index is 405. The molecule has 3 rings (SSSR count). The Morgan fingerprint density at radius 3 is 3.06 bits per heavy atom. The van der Waals surface area contributed by atoms with Crippen LogP contribution in [-0.2, 0) is 6.42 Å². The number of rotatable bonds is 0. The number of nitrogens with zero attached hydrogens (tertiary/aromatic N) is 1. The zero-order valence-electron chi connectivity index (χ0n) is 9.32. The van der Waals surface area contributed by atoms with Crippen LogP contribution in [-0.4, -0.2) is 24.0 Å². The Morgan fingerprint density at radius 2 is 2.19 bits per heavy atom. The lowest BCUT2D eigenvalue weighted by Crippen LogP contribution is -2.45. The maximum Gasteiger partial charge on any atom is 0.0409 e. The number of piperidine rings is 1. The quantitative estimate of drug-likeness (QED) is 0.750. The van der Waals surface area contributed by atoms with E-state index in [9.17, 15) is 0 Å². The molecule has 2 aliphatic heterocycles. The monoisotopic (exact) mass is 236 g/mol. The molecule has 1 fully saturated rings. The highest BCUT2D eigenvalue weighted by Gasteiger charge is 2.32. The van der Waals surface area contributed by atoms with Gasteiger partial charge in [-0.15, -0.1) is 0 Å². The second-order valence-corrected chi connectivity index (χ2v) is 5.37. The fraction of sp³-hybridized carbons (Fsp3) is 0.538. The summed E-state index contributed by atoms with van der Waals surface area (Å²) in [7, 11) is 0. The summed E-state index contributed by atoms with van der Waals surface area (Å²) in [5.41, 5.74) is 8.95. The molecule has 2 aliphatic rings. The molecule has 0 saturated carbocycles. The molecule has 2 nitrogen and oxygen atoms in total. The van der Waals surface area contributed by atoms with Gasteiger partial charge in [-0.3, -0.25) is 4.90 Å². The smallest absolute Gasteiger partial charge is 0.0409 e. The van der Waals surface area contributed by atoms with Gasteiger partial charge in [-0.1, -0.05) is 17.7 Å². The van der Waals surface area contributed by atoms with Crippen molar-refractivity contribution in [2.24, 2.45) is 5.73 Å². The van der Waals surface area contributed by atoms with Crippen molar-refractivity contribution >= 4 is 11.6 Å². The van der Waals surface area contributed by atoms with Crippen molar-refractivity contribution in [3.05, 3.63) is 34.3 Å². The first-order valence-electron chi connectivity index (χ1n) is 6.02. The van der Waals surface area contributed by atoms with Crippen LogP contribution in [0.25, 0.3) is 0 Å². The minimum absolute atomic E-state index is 0.353. The van der Waals surface area contributed by atoms with Gasteiger partial charge in [0, 0.05) is 30.2 Å². The van der Waals surface area contributed by atoms with E-state index in [0.29, 0.717) is 12.1 Å². The molecule has 86 valence electrons. The summed E-state index contributed by atoms with van der Waals surface area (Å²) >= 11 is 6.09. The first-order valence-corrected chi connectivity index (χ1v) is 6.40. The van der Waals surface area contributed by atoms with Gasteiger partial charge >= 0.3 is 0 Å². The zero-order valence-corrected chi connectivity index (χ0v) is 10.1. The molecular formula is C13H17ClN2. The Balaban J connectivity index is 1.99. The van der Waals surface area contributed by atoms with Gasteiger partial charge < -0.3 is 5.73 Å². The summed E-state index contributed by atoms with van der Waals surface area (Å²) in [5, 5.41) is 0.847. The number of nitrogens with two attached hydrogens (primary N) is 1. The fourth-order valence-corrected chi connectivity index (χ4v) is 3.18. The maximum atomic E-state index is 6.09. The molecule has 2 N–H and O–H groups in total. The molecule has 1 saturated heterocycles. The molecule has 0 bridgehead atoms. The van der Waals surface area contributed by atoms with Crippen LogP contribution in [0.2, 0.25) is 5.02 Å². The molecule has 0 aliphatic carbocycles. The molecule has 2 atom stereocenters. The van der Waals surface area contributed by atoms with Gasteiger partial charge in [0.05, 0.1) is 0 Å². The maximum absolute atomic E-state index is 6.09. The fourth-order valence-electron chi connectivity index (χ4n) is 3.00. The third-order valence-electron chi connectivity index (χ3n) is 3.89. The topological polar surface area (TPSA) is 29.3 Å². The zero-order chi connectivity index (χ0) is 11.1. The predicted octanol–water partition coefficient (Wildman–Crippen LogP) is 2.36. The van der Waals surface area contributed by atoms with Crippen LogP contribution in [0.3, 0.4) is 0 Å². The van der Waals surface area contributed by atoms with E-state index in [1.807, 2.05) is 6.07 Å². The highest BCUT2D eigenvalue weighted by atomic mass is 35.5. The van der Waals surface area contributed by atoms with Crippen LogP contribution < -0.4 is 5.73 Å². The minimum Gasteiger partial charge on any atom is -0.328 e. The highest BCUT2D eigenvalue weighted by molar-refractivity contribution is 6.30. The lowest BCUT2D eigenvalue weighted by atomic mass is 9.85. The van der Waals surface area contributed by atoms with Crippen LogP contribution in [0, 0.1) is 0 Å². The standard InChI is InChI=1S/C13H17ClN2/c14-10-2-1-9-3-5-16-6-4-11(15)8-13(16)12(9)7-10/h1-2,7,11,13H,3-6,8,15H2. The molecule has 0 aromatic heterocycles. The number of hydrogen-bond acceptors (Lipinski definition) is 2. The molecular weight excluding hydrogens is 220 g/mol. The molecule has 2 heterocycles. The van der Waals surface area contributed by atoms with Gasteiger partial charge in [0.1, 0.15) is 0 Å². The van der Waals surface area contributed by atoms with Gasteiger partial charge in [-0.05, 0) is 42.5 Å². The van der Waals surface area contributed by atoms with E-state index in [2.05, 4.69) is 17.0 Å². The van der Waals surface area contributed by atoms with Gasteiger partial charge in [0.2, 0.25) is 0 Å². The second-order valence-electron chi connectivity index (χ2n) is 4.93. The summed E-state index contributed by atoms with van der Waals surface area (Å²) in [6, 6.07) is 7.16. The summed E-state index contributed by atoms with van der Waals surface area (Å²) < 4.78 is 0. The molecule has 0 amide bonds. The summed E-state index contributed by atoms with van der Waals surface area (Å²) in [6.45, 7) is 2.31. The first kappa shape index (κ1) is 10.6. The Hall–Kier alpha value is -0.570. The highest BCUT2D eigenvalue weighted by Crippen LogP contribution is 2.37. The van der Waals surface area contributed by atoms with E-state index >= 15 is 0 Å². The van der Waals surface area contributed by atoms with Crippen molar-refractivity contribution in [1.29, 1.82) is 0 Å². The van der Waals surface area contributed by atoms with Crippen molar-refractivity contribution in [3.8, 4) is 0 Å². The summed E-state index contributed by atoms with van der Waals surface area (Å²) in [4.78, 5) is 2.56. The lowest BCUT2D eigenvalue weighted by molar-refractivity contribution is 0.126. The Labute approximate surface area is 101 Å². The van der Waals surface area contributed by atoms with E-state index in [1.165, 1.54) is 17.7 Å². The van der Waals surface area contributed by atoms with Gasteiger partial charge in [0.15, 0.2) is 0 Å². The average Bonchev–Trinajstić information content (AvgIpc) is 2.29. The van der Waals surface area contributed by atoms with Crippen LogP contribution in [0.5, 0.6) is 0 Å². The molecule has 1 aromatic carbocycles.